The second-order valence-corrected chi connectivity index (χ2v) is 7.57. The van der Waals surface area contributed by atoms with Gasteiger partial charge in [-0.05, 0) is 54.2 Å². The van der Waals surface area contributed by atoms with Gasteiger partial charge in [0, 0.05) is 23.6 Å². The van der Waals surface area contributed by atoms with Crippen molar-refractivity contribution < 1.29 is 27.4 Å². The van der Waals surface area contributed by atoms with E-state index in [-0.39, 0.29) is 6.54 Å². The molecule has 1 aliphatic rings. The molecule has 5 nitrogen and oxygen atoms in total. The van der Waals surface area contributed by atoms with Crippen molar-refractivity contribution in [2.75, 3.05) is 20.8 Å². The lowest BCUT2D eigenvalue weighted by molar-refractivity contribution is -0.188. The second kappa shape index (κ2) is 8.17. The average Bonchev–Trinajstić information content (AvgIpc) is 3.18. The first kappa shape index (κ1) is 21.1. The predicted octanol–water partition coefficient (Wildman–Crippen LogP) is 4.81. The largest absolute Gasteiger partial charge is 0.493 e. The molecule has 0 radical (unpaired) electrons. The minimum atomic E-state index is -4.92. The quantitative estimate of drug-likeness (QED) is 0.630. The van der Waals surface area contributed by atoms with Gasteiger partial charge in [0.15, 0.2) is 11.5 Å². The van der Waals surface area contributed by atoms with Crippen LogP contribution in [0.15, 0.2) is 42.6 Å². The van der Waals surface area contributed by atoms with Crippen molar-refractivity contribution >= 4 is 16.8 Å². The van der Waals surface area contributed by atoms with Crippen LogP contribution in [0.5, 0.6) is 11.5 Å². The number of rotatable bonds is 5. The molecule has 0 spiro atoms. The Bertz CT molecular complexity index is 1110. The van der Waals surface area contributed by atoms with Gasteiger partial charge in [0.05, 0.1) is 20.3 Å². The molecule has 1 amide bonds. The fraction of sp³-hybridized carbons (Fsp3) is 0.348. The summed E-state index contributed by atoms with van der Waals surface area (Å²) in [5, 5.41) is 1.03. The van der Waals surface area contributed by atoms with E-state index in [1.165, 1.54) is 14.2 Å². The number of hydrogen-bond acceptors (Lipinski definition) is 3. The number of benzene rings is 2. The molecule has 8 heteroatoms. The molecule has 2 heterocycles. The van der Waals surface area contributed by atoms with Crippen molar-refractivity contribution in [1.29, 1.82) is 0 Å². The number of aromatic nitrogens is 1. The molecular weight excluding hydrogens is 409 g/mol. The number of carbonyl (C=O) groups excluding carboxylic acids is 1. The first-order chi connectivity index (χ1) is 14.8. The van der Waals surface area contributed by atoms with Crippen LogP contribution in [0.25, 0.3) is 10.9 Å². The third-order valence-electron chi connectivity index (χ3n) is 5.87. The SMILES string of the molecule is COc1cc2c(cc1OC)[C@H](CCc1c[nH]c3ccccc13)N(C(=O)C(F)(F)F)CC2. The molecule has 164 valence electrons. The third kappa shape index (κ3) is 3.94. The Morgan fingerprint density at radius 1 is 1.16 bits per heavy atom. The van der Waals surface area contributed by atoms with E-state index in [0.717, 1.165) is 26.9 Å². The summed E-state index contributed by atoms with van der Waals surface area (Å²) in [4.78, 5) is 16.4. The minimum absolute atomic E-state index is 0.000617. The highest BCUT2D eigenvalue weighted by atomic mass is 19.4. The fourth-order valence-corrected chi connectivity index (χ4v) is 4.38. The number of alkyl halides is 3. The third-order valence-corrected chi connectivity index (χ3v) is 5.87. The van der Waals surface area contributed by atoms with Crippen molar-refractivity contribution in [3.05, 3.63) is 59.3 Å². The monoisotopic (exact) mass is 432 g/mol. The predicted molar refractivity (Wildman–Crippen MR) is 110 cm³/mol. The summed E-state index contributed by atoms with van der Waals surface area (Å²) < 4.78 is 50.7. The molecule has 0 bridgehead atoms. The molecule has 0 fully saturated rings. The van der Waals surface area contributed by atoms with Crippen LogP contribution in [0.3, 0.4) is 0 Å². The van der Waals surface area contributed by atoms with E-state index in [1.54, 1.807) is 12.1 Å². The maximum Gasteiger partial charge on any atom is 0.471 e. The lowest BCUT2D eigenvalue weighted by atomic mass is 9.88. The molecule has 4 rings (SSSR count). The van der Waals surface area contributed by atoms with Gasteiger partial charge in [-0.25, -0.2) is 0 Å². The molecule has 0 saturated carbocycles. The number of amides is 1. The Labute approximate surface area is 177 Å². The van der Waals surface area contributed by atoms with Crippen molar-refractivity contribution in [1.82, 2.24) is 9.88 Å². The number of ether oxygens (including phenoxy) is 2. The van der Waals surface area contributed by atoms with E-state index in [2.05, 4.69) is 4.98 Å². The van der Waals surface area contributed by atoms with Crippen LogP contribution in [0.2, 0.25) is 0 Å². The Hall–Kier alpha value is -3.16. The highest BCUT2D eigenvalue weighted by Crippen LogP contribution is 2.41. The summed E-state index contributed by atoms with van der Waals surface area (Å²) in [7, 11) is 2.99. The highest BCUT2D eigenvalue weighted by Gasteiger charge is 2.46. The maximum absolute atomic E-state index is 13.3. The molecule has 1 atom stereocenters. The summed E-state index contributed by atoms with van der Waals surface area (Å²) in [6.07, 6.45) is -1.86. The number of para-hydroxylation sites is 1. The molecule has 3 aromatic rings. The zero-order chi connectivity index (χ0) is 22.2. The van der Waals surface area contributed by atoms with E-state index in [9.17, 15) is 18.0 Å². The van der Waals surface area contributed by atoms with Crippen molar-refractivity contribution in [2.45, 2.75) is 31.5 Å². The number of halogens is 3. The summed E-state index contributed by atoms with van der Waals surface area (Å²) in [5.41, 5.74) is 3.51. The summed E-state index contributed by atoms with van der Waals surface area (Å²) >= 11 is 0. The maximum atomic E-state index is 13.3. The molecule has 31 heavy (non-hydrogen) atoms. The smallest absolute Gasteiger partial charge is 0.471 e. The van der Waals surface area contributed by atoms with Gasteiger partial charge < -0.3 is 19.4 Å². The number of hydrogen-bond donors (Lipinski definition) is 1. The molecule has 0 aliphatic carbocycles. The highest BCUT2D eigenvalue weighted by molar-refractivity contribution is 5.84. The standard InChI is InChI=1S/C23H23F3N2O3/c1-30-20-11-14-9-10-28(22(29)23(24,25)26)19(17(14)12-21(20)31-2)8-7-15-13-27-18-6-4-3-5-16(15)18/h3-6,11-13,19,27H,7-10H2,1-2H3/t19-/m0/s1. The van der Waals surface area contributed by atoms with E-state index >= 15 is 0 Å². The topological polar surface area (TPSA) is 54.6 Å². The van der Waals surface area contributed by atoms with Crippen LogP contribution in [-0.4, -0.2) is 42.7 Å². The molecule has 1 aromatic heterocycles. The molecular formula is C23H23F3N2O3. The number of H-pyrrole nitrogens is 1. The Morgan fingerprint density at radius 2 is 1.87 bits per heavy atom. The van der Waals surface area contributed by atoms with Gasteiger partial charge in [0.25, 0.3) is 0 Å². The van der Waals surface area contributed by atoms with Crippen molar-refractivity contribution in [2.24, 2.45) is 0 Å². The molecule has 0 saturated heterocycles. The number of carbonyl (C=O) groups is 1. The fourth-order valence-electron chi connectivity index (χ4n) is 4.38. The minimum Gasteiger partial charge on any atom is -0.493 e. The van der Waals surface area contributed by atoms with Gasteiger partial charge >= 0.3 is 12.1 Å². The van der Waals surface area contributed by atoms with Gasteiger partial charge in [-0.2, -0.15) is 13.2 Å². The zero-order valence-corrected chi connectivity index (χ0v) is 17.3. The number of nitrogens with one attached hydrogen (secondary N) is 1. The van der Waals surface area contributed by atoms with Crippen molar-refractivity contribution in [3.8, 4) is 11.5 Å². The van der Waals surface area contributed by atoms with Crippen LogP contribution in [0.4, 0.5) is 13.2 Å². The van der Waals surface area contributed by atoms with Crippen LogP contribution >= 0.6 is 0 Å². The first-order valence-corrected chi connectivity index (χ1v) is 10.0. The summed E-state index contributed by atoms with van der Waals surface area (Å²) in [6.45, 7) is -0.000617. The van der Waals surface area contributed by atoms with Crippen LogP contribution in [-0.2, 0) is 17.6 Å². The second-order valence-electron chi connectivity index (χ2n) is 7.57. The first-order valence-electron chi connectivity index (χ1n) is 10.0. The van der Waals surface area contributed by atoms with Crippen molar-refractivity contribution in [3.63, 3.8) is 0 Å². The van der Waals surface area contributed by atoms with Gasteiger partial charge in [-0.15, -0.1) is 0 Å². The lowest BCUT2D eigenvalue weighted by Crippen LogP contribution is -2.46. The lowest BCUT2D eigenvalue weighted by Gasteiger charge is -2.38. The summed E-state index contributed by atoms with van der Waals surface area (Å²) in [6, 6.07) is 10.5. The number of aryl methyl sites for hydroxylation is 1. The van der Waals surface area contributed by atoms with E-state index in [1.807, 2.05) is 30.5 Å². The Balaban J connectivity index is 1.71. The normalized spacial score (nSPS) is 16.3. The average molecular weight is 432 g/mol. The molecule has 0 unspecified atom stereocenters. The van der Waals surface area contributed by atoms with E-state index < -0.39 is 18.1 Å². The molecule has 2 aromatic carbocycles. The van der Waals surface area contributed by atoms with Gasteiger partial charge in [-0.3, -0.25) is 4.79 Å². The molecule has 1 N–H and O–H groups in total. The number of methoxy groups -OCH3 is 2. The van der Waals surface area contributed by atoms with E-state index in [0.29, 0.717) is 36.3 Å². The van der Waals surface area contributed by atoms with Gasteiger partial charge in [0.2, 0.25) is 0 Å². The van der Waals surface area contributed by atoms with Crippen LogP contribution < -0.4 is 9.47 Å². The van der Waals surface area contributed by atoms with Gasteiger partial charge in [-0.1, -0.05) is 18.2 Å². The van der Waals surface area contributed by atoms with Crippen LogP contribution in [0.1, 0.15) is 29.2 Å². The number of nitrogens with zero attached hydrogens (tertiary/aromatic N) is 1. The Kier molecular flexibility index (Phi) is 5.56. The molecule has 1 aliphatic heterocycles. The zero-order valence-electron chi connectivity index (χ0n) is 17.3. The number of fused-ring (bicyclic) bond motifs is 2. The van der Waals surface area contributed by atoms with Gasteiger partial charge in [0.1, 0.15) is 0 Å². The van der Waals surface area contributed by atoms with Crippen LogP contribution in [0, 0.1) is 0 Å². The number of aromatic amines is 1. The Morgan fingerprint density at radius 3 is 2.58 bits per heavy atom. The summed E-state index contributed by atoms with van der Waals surface area (Å²) in [5.74, 6) is -0.858. The van der Waals surface area contributed by atoms with E-state index in [4.69, 9.17) is 9.47 Å².